The van der Waals surface area contributed by atoms with Crippen LogP contribution in [0.2, 0.25) is 5.02 Å². The lowest BCUT2D eigenvalue weighted by molar-refractivity contribution is 0.272. The van der Waals surface area contributed by atoms with Gasteiger partial charge in [-0.1, -0.05) is 45.7 Å². The van der Waals surface area contributed by atoms with E-state index in [2.05, 4.69) is 33.4 Å². The van der Waals surface area contributed by atoms with E-state index in [1.807, 2.05) is 12.1 Å². The Morgan fingerprint density at radius 3 is 2.40 bits per heavy atom. The monoisotopic (exact) mass is 353 g/mol. The van der Waals surface area contributed by atoms with E-state index in [9.17, 15) is 4.39 Å². The van der Waals surface area contributed by atoms with Crippen molar-refractivity contribution in [2.75, 3.05) is 13.1 Å². The molecule has 2 aromatic carbocycles. The predicted octanol–water partition coefficient (Wildman–Crippen LogP) is 4.33. The number of rotatable bonds is 3. The van der Waals surface area contributed by atoms with Crippen LogP contribution in [-0.4, -0.2) is 13.1 Å². The van der Waals surface area contributed by atoms with Gasteiger partial charge in [-0.25, -0.2) is 4.39 Å². The van der Waals surface area contributed by atoms with Crippen molar-refractivity contribution in [3.05, 3.63) is 68.9 Å². The van der Waals surface area contributed by atoms with Gasteiger partial charge in [0.15, 0.2) is 0 Å². The van der Waals surface area contributed by atoms with Crippen molar-refractivity contribution in [3.63, 3.8) is 0 Å². The van der Waals surface area contributed by atoms with Gasteiger partial charge in [-0.15, -0.1) is 0 Å². The zero-order valence-electron chi connectivity index (χ0n) is 10.8. The molecule has 4 heteroatoms. The van der Waals surface area contributed by atoms with E-state index in [1.54, 1.807) is 12.1 Å². The number of halogens is 3. The summed E-state index contributed by atoms with van der Waals surface area (Å²) in [5, 5.41) is 3.75. The summed E-state index contributed by atoms with van der Waals surface area (Å²) in [6.45, 7) is 1.74. The first-order valence-electron chi connectivity index (χ1n) is 6.50. The smallest absolute Gasteiger partial charge is 0.127 e. The van der Waals surface area contributed by atoms with Crippen molar-refractivity contribution in [3.8, 4) is 0 Å². The fourth-order valence-electron chi connectivity index (χ4n) is 2.69. The van der Waals surface area contributed by atoms with Crippen LogP contribution in [0, 0.1) is 5.82 Å². The van der Waals surface area contributed by atoms with Crippen LogP contribution in [0.4, 0.5) is 4.39 Å². The molecule has 0 spiro atoms. The molecule has 0 aliphatic carbocycles. The summed E-state index contributed by atoms with van der Waals surface area (Å²) in [5.41, 5.74) is 1.95. The van der Waals surface area contributed by atoms with E-state index in [1.165, 1.54) is 11.6 Å². The first kappa shape index (κ1) is 14.1. The maximum absolute atomic E-state index is 14.0. The van der Waals surface area contributed by atoms with Crippen LogP contribution in [0.25, 0.3) is 0 Å². The Balaban J connectivity index is 1.91. The average molecular weight is 355 g/mol. The summed E-state index contributed by atoms with van der Waals surface area (Å²) in [6, 6.07) is 13.2. The average Bonchev–Trinajstić information content (AvgIpc) is 2.37. The van der Waals surface area contributed by atoms with Gasteiger partial charge in [-0.05, 0) is 41.8 Å². The van der Waals surface area contributed by atoms with Crippen LogP contribution in [0.1, 0.15) is 11.1 Å². The molecule has 0 saturated carbocycles. The van der Waals surface area contributed by atoms with Crippen molar-refractivity contribution < 1.29 is 4.39 Å². The van der Waals surface area contributed by atoms with Crippen LogP contribution >= 0.6 is 27.5 Å². The minimum Gasteiger partial charge on any atom is -0.315 e. The van der Waals surface area contributed by atoms with E-state index < -0.39 is 0 Å². The minimum absolute atomic E-state index is 0.0185. The molecule has 1 heterocycles. The van der Waals surface area contributed by atoms with Crippen LogP contribution in [0.3, 0.4) is 0 Å². The molecule has 0 unspecified atom stereocenters. The van der Waals surface area contributed by atoms with Gasteiger partial charge in [0.05, 0.1) is 0 Å². The molecule has 20 heavy (non-hydrogen) atoms. The maximum atomic E-state index is 14.0. The Hall–Kier alpha value is -0.900. The van der Waals surface area contributed by atoms with Crippen LogP contribution in [-0.2, 0) is 11.8 Å². The lowest BCUT2D eigenvalue weighted by Gasteiger charge is -2.43. The van der Waals surface area contributed by atoms with E-state index in [0.717, 1.165) is 23.1 Å². The highest BCUT2D eigenvalue weighted by molar-refractivity contribution is 9.10. The third-order valence-corrected chi connectivity index (χ3v) is 4.69. The molecule has 0 bridgehead atoms. The molecule has 2 aromatic rings. The molecule has 0 atom stereocenters. The summed E-state index contributed by atoms with van der Waals surface area (Å²) in [6.07, 6.45) is 0.685. The summed E-state index contributed by atoms with van der Waals surface area (Å²) < 4.78 is 15.1. The summed E-state index contributed by atoms with van der Waals surface area (Å²) >= 11 is 9.26. The molecule has 0 aromatic heterocycles. The normalized spacial score (nSPS) is 16.8. The second-order valence-corrected chi connectivity index (χ2v) is 6.66. The quantitative estimate of drug-likeness (QED) is 0.865. The first-order chi connectivity index (χ1) is 9.59. The molecule has 1 nitrogen and oxygen atoms in total. The molecule has 0 radical (unpaired) electrons. The lowest BCUT2D eigenvalue weighted by Crippen LogP contribution is -2.58. The Kier molecular flexibility index (Phi) is 3.85. The van der Waals surface area contributed by atoms with E-state index >= 15 is 0 Å². The van der Waals surface area contributed by atoms with Gasteiger partial charge < -0.3 is 5.32 Å². The molecule has 0 amide bonds. The second-order valence-electron chi connectivity index (χ2n) is 5.30. The second kappa shape index (κ2) is 5.47. The number of nitrogens with one attached hydrogen (secondary N) is 1. The fourth-order valence-corrected chi connectivity index (χ4v) is 3.11. The largest absolute Gasteiger partial charge is 0.315 e. The summed E-state index contributed by atoms with van der Waals surface area (Å²) in [7, 11) is 0. The molecule has 1 aliphatic heterocycles. The van der Waals surface area contributed by atoms with E-state index in [0.29, 0.717) is 11.4 Å². The summed E-state index contributed by atoms with van der Waals surface area (Å²) in [5.74, 6) is -0.221. The Bertz CT molecular complexity index is 623. The van der Waals surface area contributed by atoms with E-state index in [4.69, 9.17) is 11.6 Å². The van der Waals surface area contributed by atoms with Crippen molar-refractivity contribution in [1.82, 2.24) is 5.32 Å². The van der Waals surface area contributed by atoms with Gasteiger partial charge in [0.2, 0.25) is 0 Å². The van der Waals surface area contributed by atoms with Crippen LogP contribution in [0.5, 0.6) is 0 Å². The van der Waals surface area contributed by atoms with Crippen LogP contribution < -0.4 is 5.32 Å². The number of hydrogen-bond acceptors (Lipinski definition) is 1. The van der Waals surface area contributed by atoms with Crippen molar-refractivity contribution >= 4 is 27.5 Å². The highest BCUT2D eigenvalue weighted by Gasteiger charge is 2.39. The number of hydrogen-bond donors (Lipinski definition) is 1. The summed E-state index contributed by atoms with van der Waals surface area (Å²) in [4.78, 5) is 0. The van der Waals surface area contributed by atoms with Gasteiger partial charge >= 0.3 is 0 Å². The molecule has 104 valence electrons. The topological polar surface area (TPSA) is 12.0 Å². The molecular formula is C16H14BrClFN. The standard InChI is InChI=1S/C16H14BrClFN/c17-13-4-2-12(3-5-13)16(9-20-10-16)8-11-1-6-14(18)7-15(11)19/h1-7,20H,8-10H2. The zero-order chi connectivity index (χ0) is 14.2. The zero-order valence-corrected chi connectivity index (χ0v) is 13.1. The van der Waals surface area contributed by atoms with E-state index in [-0.39, 0.29) is 11.2 Å². The Morgan fingerprint density at radius 1 is 1.15 bits per heavy atom. The highest BCUT2D eigenvalue weighted by Crippen LogP contribution is 2.34. The number of benzene rings is 2. The molecular weight excluding hydrogens is 341 g/mol. The third kappa shape index (κ3) is 2.62. The first-order valence-corrected chi connectivity index (χ1v) is 7.67. The molecule has 1 fully saturated rings. The van der Waals surface area contributed by atoms with Gasteiger partial charge in [-0.3, -0.25) is 0 Å². The van der Waals surface area contributed by atoms with Crippen molar-refractivity contribution in [1.29, 1.82) is 0 Å². The van der Waals surface area contributed by atoms with Crippen molar-refractivity contribution in [2.45, 2.75) is 11.8 Å². The Labute approximate surface area is 131 Å². The molecule has 1 aliphatic rings. The van der Waals surface area contributed by atoms with Gasteiger partial charge in [-0.2, -0.15) is 0 Å². The van der Waals surface area contributed by atoms with Gasteiger partial charge in [0.1, 0.15) is 5.82 Å². The molecule has 1 N–H and O–H groups in total. The van der Waals surface area contributed by atoms with Gasteiger partial charge in [0, 0.05) is 28.0 Å². The van der Waals surface area contributed by atoms with Gasteiger partial charge in [0.25, 0.3) is 0 Å². The minimum atomic E-state index is -0.221. The predicted molar refractivity (Wildman–Crippen MR) is 83.8 cm³/mol. The fraction of sp³-hybridized carbons (Fsp3) is 0.250. The SMILES string of the molecule is Fc1cc(Cl)ccc1CC1(c2ccc(Br)cc2)CNC1. The highest BCUT2D eigenvalue weighted by atomic mass is 79.9. The molecule has 1 saturated heterocycles. The Morgan fingerprint density at radius 2 is 1.85 bits per heavy atom. The lowest BCUT2D eigenvalue weighted by atomic mass is 9.71. The van der Waals surface area contributed by atoms with Crippen LogP contribution in [0.15, 0.2) is 46.9 Å². The molecule has 3 rings (SSSR count). The maximum Gasteiger partial charge on any atom is 0.127 e. The third-order valence-electron chi connectivity index (χ3n) is 3.93. The van der Waals surface area contributed by atoms with Crippen molar-refractivity contribution in [2.24, 2.45) is 0 Å².